The number of benzene rings is 2. The molecule has 0 aliphatic heterocycles. The van der Waals surface area contributed by atoms with Crippen LogP contribution in [0.1, 0.15) is 29.8 Å². The number of halogens is 1. The molecule has 0 aliphatic rings. The zero-order valence-corrected chi connectivity index (χ0v) is 12.0. The van der Waals surface area contributed by atoms with Crippen molar-refractivity contribution in [3.63, 3.8) is 0 Å². The number of hydrogen-bond acceptors (Lipinski definition) is 2. The second-order valence-corrected chi connectivity index (χ2v) is 4.77. The average Bonchev–Trinajstić information content (AvgIpc) is 2.41. The molecule has 0 saturated carbocycles. The number of carbonyl (C=O) groups excluding carboxylic acids is 1. The van der Waals surface area contributed by atoms with Crippen LogP contribution in [0, 0.1) is 12.7 Å². The SMILES string of the molecule is CCN(c1ccc(C)cc1)c1cccc(F)c1C(C)=O. The van der Waals surface area contributed by atoms with Crippen molar-refractivity contribution in [2.45, 2.75) is 20.8 Å². The maximum atomic E-state index is 13.9. The Hall–Kier alpha value is -2.16. The Morgan fingerprint density at radius 3 is 2.35 bits per heavy atom. The molecule has 20 heavy (non-hydrogen) atoms. The Labute approximate surface area is 118 Å². The zero-order chi connectivity index (χ0) is 14.7. The van der Waals surface area contributed by atoms with Crippen molar-refractivity contribution in [2.24, 2.45) is 0 Å². The van der Waals surface area contributed by atoms with Gasteiger partial charge in [0.1, 0.15) is 5.82 Å². The van der Waals surface area contributed by atoms with Crippen LogP contribution >= 0.6 is 0 Å². The van der Waals surface area contributed by atoms with E-state index in [1.54, 1.807) is 12.1 Å². The molecule has 0 amide bonds. The summed E-state index contributed by atoms with van der Waals surface area (Å²) in [4.78, 5) is 13.7. The summed E-state index contributed by atoms with van der Waals surface area (Å²) in [5.74, 6) is -0.732. The largest absolute Gasteiger partial charge is 0.341 e. The van der Waals surface area contributed by atoms with E-state index >= 15 is 0 Å². The molecule has 0 aromatic heterocycles. The molecule has 0 atom stereocenters. The second-order valence-electron chi connectivity index (χ2n) is 4.77. The van der Waals surface area contributed by atoms with Crippen LogP contribution in [0.25, 0.3) is 0 Å². The average molecular weight is 271 g/mol. The van der Waals surface area contributed by atoms with E-state index < -0.39 is 5.82 Å². The van der Waals surface area contributed by atoms with Gasteiger partial charge in [-0.2, -0.15) is 0 Å². The van der Waals surface area contributed by atoms with Crippen molar-refractivity contribution in [1.29, 1.82) is 0 Å². The van der Waals surface area contributed by atoms with E-state index in [-0.39, 0.29) is 11.3 Å². The maximum absolute atomic E-state index is 13.9. The topological polar surface area (TPSA) is 20.3 Å². The summed E-state index contributed by atoms with van der Waals surface area (Å²) in [6.45, 7) is 6.05. The minimum atomic E-state index is -0.472. The van der Waals surface area contributed by atoms with Crippen molar-refractivity contribution < 1.29 is 9.18 Å². The Morgan fingerprint density at radius 1 is 1.15 bits per heavy atom. The van der Waals surface area contributed by atoms with Crippen molar-refractivity contribution >= 4 is 17.2 Å². The molecule has 2 aromatic rings. The second kappa shape index (κ2) is 5.87. The van der Waals surface area contributed by atoms with E-state index in [1.165, 1.54) is 13.0 Å². The third-order valence-electron chi connectivity index (χ3n) is 3.30. The number of rotatable bonds is 4. The maximum Gasteiger partial charge on any atom is 0.164 e. The smallest absolute Gasteiger partial charge is 0.164 e. The van der Waals surface area contributed by atoms with E-state index in [0.717, 1.165) is 11.3 Å². The van der Waals surface area contributed by atoms with Crippen LogP contribution < -0.4 is 4.90 Å². The van der Waals surface area contributed by atoms with E-state index in [9.17, 15) is 9.18 Å². The highest BCUT2D eigenvalue weighted by Crippen LogP contribution is 2.30. The van der Waals surface area contributed by atoms with E-state index in [0.29, 0.717) is 12.2 Å². The first-order chi connectivity index (χ1) is 9.54. The molecular formula is C17H18FNO. The lowest BCUT2D eigenvalue weighted by atomic mass is 10.1. The van der Waals surface area contributed by atoms with Gasteiger partial charge in [0.15, 0.2) is 5.78 Å². The van der Waals surface area contributed by atoms with Gasteiger partial charge in [-0.1, -0.05) is 23.8 Å². The molecule has 2 rings (SSSR count). The highest BCUT2D eigenvalue weighted by Gasteiger charge is 2.18. The van der Waals surface area contributed by atoms with E-state index in [4.69, 9.17) is 0 Å². The number of carbonyl (C=O) groups is 1. The fourth-order valence-electron chi connectivity index (χ4n) is 2.30. The number of ketones is 1. The van der Waals surface area contributed by atoms with Gasteiger partial charge in [0, 0.05) is 12.2 Å². The Morgan fingerprint density at radius 2 is 1.80 bits per heavy atom. The van der Waals surface area contributed by atoms with Crippen molar-refractivity contribution in [3.05, 3.63) is 59.4 Å². The summed E-state index contributed by atoms with van der Waals surface area (Å²) in [5, 5.41) is 0. The number of hydrogen-bond donors (Lipinski definition) is 0. The third kappa shape index (κ3) is 2.72. The van der Waals surface area contributed by atoms with Crippen LogP contribution in [-0.2, 0) is 0 Å². The molecule has 0 saturated heterocycles. The fourth-order valence-corrected chi connectivity index (χ4v) is 2.30. The van der Waals surface area contributed by atoms with Crippen molar-refractivity contribution in [3.8, 4) is 0 Å². The Balaban J connectivity index is 2.55. The quantitative estimate of drug-likeness (QED) is 0.763. The summed E-state index contributed by atoms with van der Waals surface area (Å²) in [6, 6.07) is 12.7. The normalized spacial score (nSPS) is 10.4. The summed E-state index contributed by atoms with van der Waals surface area (Å²) < 4.78 is 13.9. The van der Waals surface area contributed by atoms with Gasteiger partial charge in [0.2, 0.25) is 0 Å². The number of Topliss-reactive ketones (excluding diaryl/α,β-unsaturated/α-hetero) is 1. The van der Waals surface area contributed by atoms with Gasteiger partial charge < -0.3 is 4.90 Å². The Bertz CT molecular complexity index is 619. The monoisotopic (exact) mass is 271 g/mol. The molecule has 2 nitrogen and oxygen atoms in total. The molecule has 0 fully saturated rings. The van der Waals surface area contributed by atoms with Crippen LogP contribution in [0.5, 0.6) is 0 Å². The molecular weight excluding hydrogens is 253 g/mol. The predicted octanol–water partition coefficient (Wildman–Crippen LogP) is 4.49. The molecule has 0 unspecified atom stereocenters. The van der Waals surface area contributed by atoms with Gasteiger partial charge in [-0.05, 0) is 45.0 Å². The van der Waals surface area contributed by atoms with E-state index in [1.807, 2.05) is 43.0 Å². The molecule has 0 heterocycles. The summed E-state index contributed by atoms with van der Waals surface area (Å²) in [5.41, 5.74) is 2.88. The van der Waals surface area contributed by atoms with Crippen LogP contribution in [0.15, 0.2) is 42.5 Å². The Kier molecular flexibility index (Phi) is 4.18. The molecule has 0 N–H and O–H groups in total. The first-order valence-electron chi connectivity index (χ1n) is 6.68. The van der Waals surface area contributed by atoms with Crippen LogP contribution in [-0.4, -0.2) is 12.3 Å². The molecule has 2 aromatic carbocycles. The fraction of sp³-hybridized carbons (Fsp3) is 0.235. The minimum Gasteiger partial charge on any atom is -0.341 e. The van der Waals surface area contributed by atoms with Gasteiger partial charge in [-0.3, -0.25) is 4.79 Å². The van der Waals surface area contributed by atoms with Gasteiger partial charge in [-0.15, -0.1) is 0 Å². The molecule has 104 valence electrons. The first-order valence-corrected chi connectivity index (χ1v) is 6.68. The molecule has 3 heteroatoms. The third-order valence-corrected chi connectivity index (χ3v) is 3.30. The number of aryl methyl sites for hydroxylation is 1. The standard InChI is InChI=1S/C17H18FNO/c1-4-19(14-10-8-12(2)9-11-14)16-7-5-6-15(18)17(16)13(3)20/h5-11H,4H2,1-3H3. The van der Waals surface area contributed by atoms with Gasteiger partial charge in [0.05, 0.1) is 11.3 Å². The van der Waals surface area contributed by atoms with Crippen LogP contribution in [0.2, 0.25) is 0 Å². The minimum absolute atomic E-state index is 0.148. The summed E-state index contributed by atoms with van der Waals surface area (Å²) >= 11 is 0. The molecule has 0 bridgehead atoms. The van der Waals surface area contributed by atoms with Crippen molar-refractivity contribution in [2.75, 3.05) is 11.4 Å². The van der Waals surface area contributed by atoms with E-state index in [2.05, 4.69) is 0 Å². The number of nitrogens with zero attached hydrogens (tertiary/aromatic N) is 1. The van der Waals surface area contributed by atoms with Crippen LogP contribution in [0.4, 0.5) is 15.8 Å². The summed E-state index contributed by atoms with van der Waals surface area (Å²) in [7, 11) is 0. The zero-order valence-electron chi connectivity index (χ0n) is 12.0. The lowest BCUT2D eigenvalue weighted by molar-refractivity contribution is 0.101. The summed E-state index contributed by atoms with van der Waals surface area (Å²) in [6.07, 6.45) is 0. The number of anilines is 2. The lowest BCUT2D eigenvalue weighted by Gasteiger charge is -2.25. The van der Waals surface area contributed by atoms with Gasteiger partial charge in [0.25, 0.3) is 0 Å². The molecule has 0 spiro atoms. The lowest BCUT2D eigenvalue weighted by Crippen LogP contribution is -2.19. The van der Waals surface area contributed by atoms with Gasteiger partial charge >= 0.3 is 0 Å². The van der Waals surface area contributed by atoms with Crippen molar-refractivity contribution in [1.82, 2.24) is 0 Å². The molecule has 0 aliphatic carbocycles. The highest BCUT2D eigenvalue weighted by molar-refractivity contribution is 6.00. The van der Waals surface area contributed by atoms with Crippen LogP contribution in [0.3, 0.4) is 0 Å². The predicted molar refractivity (Wildman–Crippen MR) is 80.3 cm³/mol. The first kappa shape index (κ1) is 14.3. The molecule has 0 radical (unpaired) electrons. The highest BCUT2D eigenvalue weighted by atomic mass is 19.1. The van der Waals surface area contributed by atoms with Gasteiger partial charge in [-0.25, -0.2) is 4.39 Å².